The minimum absolute atomic E-state index is 0.167. The van der Waals surface area contributed by atoms with Gasteiger partial charge in [-0.1, -0.05) is 18.2 Å². The smallest absolute Gasteiger partial charge is 0.425 e. The highest BCUT2D eigenvalue weighted by Gasteiger charge is 2.27. The maximum absolute atomic E-state index is 15.4. The first-order valence-electron chi connectivity index (χ1n) is 15.3. The number of piperazine rings is 1. The van der Waals surface area contributed by atoms with Crippen molar-refractivity contribution in [3.63, 3.8) is 0 Å². The third-order valence-electron chi connectivity index (χ3n) is 8.33. The van der Waals surface area contributed by atoms with Crippen molar-refractivity contribution in [2.75, 3.05) is 48.9 Å². The van der Waals surface area contributed by atoms with Crippen molar-refractivity contribution in [3.05, 3.63) is 102 Å². The van der Waals surface area contributed by atoms with Crippen LogP contribution in [-0.4, -0.2) is 70.6 Å². The number of nitrogens with zero attached hydrogens (tertiary/aromatic N) is 7. The number of hydrogen-bond donors (Lipinski definition) is 1. The third-order valence-corrected chi connectivity index (χ3v) is 8.33. The van der Waals surface area contributed by atoms with Gasteiger partial charge in [-0.2, -0.15) is 10.1 Å². The number of aryl methyl sites for hydroxylation is 2. The van der Waals surface area contributed by atoms with Crippen LogP contribution >= 0.6 is 0 Å². The molecule has 2 aromatic heterocycles. The standard InChI is InChI=1S/C35H37FN8O3/c1-23-8-6-9-24(2)33(23)47-35(45)44(30-13-11-27(21-31(30)46-5)43-17-7-15-38-43)32-14-16-37-34(40-32)39-26-10-12-29(28(36)20-26)42-19-18-41(4)25(3)22-42/h6-17,20-21,25H,18-19,22H2,1-5H3,(H,37,39,40). The molecule has 1 aliphatic rings. The van der Waals surface area contributed by atoms with Gasteiger partial charge in [0.25, 0.3) is 0 Å². The normalized spacial score (nSPS) is 14.9. The summed E-state index contributed by atoms with van der Waals surface area (Å²) in [7, 11) is 3.60. The van der Waals surface area contributed by atoms with Gasteiger partial charge < -0.3 is 24.6 Å². The molecule has 1 N–H and O–H groups in total. The van der Waals surface area contributed by atoms with Gasteiger partial charge in [-0.25, -0.2) is 23.8 Å². The van der Waals surface area contributed by atoms with Crippen molar-refractivity contribution < 1.29 is 18.7 Å². The minimum atomic E-state index is -0.700. The van der Waals surface area contributed by atoms with E-state index in [2.05, 4.69) is 44.2 Å². The summed E-state index contributed by atoms with van der Waals surface area (Å²) in [5.74, 6) is 0.879. The number of anilines is 5. The summed E-state index contributed by atoms with van der Waals surface area (Å²) in [5, 5.41) is 7.39. The third kappa shape index (κ3) is 6.73. The number of rotatable bonds is 8. The van der Waals surface area contributed by atoms with Crippen molar-refractivity contribution in [1.82, 2.24) is 24.6 Å². The molecule has 1 fully saturated rings. The highest BCUT2D eigenvalue weighted by molar-refractivity contribution is 5.98. The van der Waals surface area contributed by atoms with Gasteiger partial charge in [0.2, 0.25) is 5.95 Å². The molecule has 0 bridgehead atoms. The van der Waals surface area contributed by atoms with Gasteiger partial charge >= 0.3 is 6.09 Å². The van der Waals surface area contributed by atoms with Gasteiger partial charge in [0.15, 0.2) is 0 Å². The molecule has 47 heavy (non-hydrogen) atoms. The van der Waals surface area contributed by atoms with E-state index in [0.29, 0.717) is 34.6 Å². The van der Waals surface area contributed by atoms with Gasteiger partial charge in [-0.15, -0.1) is 0 Å². The Kier molecular flexibility index (Phi) is 9.03. The largest absolute Gasteiger partial charge is 0.494 e. The predicted octanol–water partition coefficient (Wildman–Crippen LogP) is 6.65. The lowest BCUT2D eigenvalue weighted by atomic mass is 10.1. The molecule has 1 aliphatic heterocycles. The fourth-order valence-electron chi connectivity index (χ4n) is 5.59. The molecule has 3 aromatic carbocycles. The Balaban J connectivity index is 1.33. The van der Waals surface area contributed by atoms with E-state index in [1.807, 2.05) is 50.4 Å². The van der Waals surface area contributed by atoms with Crippen LogP contribution in [0.2, 0.25) is 0 Å². The van der Waals surface area contributed by atoms with Crippen LogP contribution < -0.4 is 24.6 Å². The number of ether oxygens (including phenoxy) is 2. The topological polar surface area (TPSA) is 101 Å². The second kappa shape index (κ2) is 13.5. The molecule has 12 heteroatoms. The quantitative estimate of drug-likeness (QED) is 0.201. The molecule has 1 atom stereocenters. The lowest BCUT2D eigenvalue weighted by molar-refractivity contribution is 0.209. The van der Waals surface area contributed by atoms with E-state index in [-0.39, 0.29) is 17.6 Å². The van der Waals surface area contributed by atoms with E-state index in [4.69, 9.17) is 9.47 Å². The van der Waals surface area contributed by atoms with Crippen LogP contribution in [0.4, 0.5) is 38.0 Å². The van der Waals surface area contributed by atoms with Crippen LogP contribution in [0.15, 0.2) is 85.3 Å². The molecule has 0 radical (unpaired) electrons. The summed E-state index contributed by atoms with van der Waals surface area (Å²) in [6.45, 7) is 8.23. The average molecular weight is 637 g/mol. The Bertz CT molecular complexity index is 1860. The molecular formula is C35H37FN8O3. The molecule has 11 nitrogen and oxygen atoms in total. The zero-order valence-electron chi connectivity index (χ0n) is 27.0. The van der Waals surface area contributed by atoms with E-state index < -0.39 is 6.09 Å². The van der Waals surface area contributed by atoms with Gasteiger partial charge in [0.05, 0.1) is 24.2 Å². The summed E-state index contributed by atoms with van der Waals surface area (Å²) in [4.78, 5) is 28.7. The molecule has 1 amide bonds. The summed E-state index contributed by atoms with van der Waals surface area (Å²) >= 11 is 0. The molecular weight excluding hydrogens is 599 g/mol. The number of hydrogen-bond acceptors (Lipinski definition) is 9. The van der Waals surface area contributed by atoms with Crippen molar-refractivity contribution in [2.45, 2.75) is 26.8 Å². The van der Waals surface area contributed by atoms with Crippen molar-refractivity contribution in [2.24, 2.45) is 0 Å². The number of benzene rings is 3. The average Bonchev–Trinajstić information content (AvgIpc) is 3.60. The van der Waals surface area contributed by atoms with E-state index in [1.165, 1.54) is 24.3 Å². The van der Waals surface area contributed by atoms with Crippen LogP contribution in [0.3, 0.4) is 0 Å². The summed E-state index contributed by atoms with van der Waals surface area (Å²) in [5.41, 5.74) is 3.76. The zero-order chi connectivity index (χ0) is 33.1. The molecule has 242 valence electrons. The maximum atomic E-state index is 15.4. The van der Waals surface area contributed by atoms with Gasteiger partial charge in [0.1, 0.15) is 23.1 Å². The fraction of sp³-hybridized carbons (Fsp3) is 0.257. The van der Waals surface area contributed by atoms with E-state index >= 15 is 4.39 Å². The monoisotopic (exact) mass is 636 g/mol. The van der Waals surface area contributed by atoms with Gasteiger partial charge in [0, 0.05) is 62.1 Å². The molecule has 1 saturated heterocycles. The minimum Gasteiger partial charge on any atom is -0.494 e. The lowest BCUT2D eigenvalue weighted by Crippen LogP contribution is -2.50. The van der Waals surface area contributed by atoms with Crippen LogP contribution in [0.5, 0.6) is 11.5 Å². The predicted molar refractivity (Wildman–Crippen MR) is 180 cm³/mol. The van der Waals surface area contributed by atoms with Gasteiger partial charge in [-0.3, -0.25) is 0 Å². The second-order valence-corrected chi connectivity index (χ2v) is 11.5. The zero-order valence-corrected chi connectivity index (χ0v) is 27.0. The number of carbonyl (C=O) groups excluding carboxylic acids is 1. The molecule has 5 aromatic rings. The Labute approximate surface area is 273 Å². The fourth-order valence-corrected chi connectivity index (χ4v) is 5.59. The number of para-hydroxylation sites is 1. The number of amides is 1. The van der Waals surface area contributed by atoms with Crippen LogP contribution in [0, 0.1) is 19.7 Å². The lowest BCUT2D eigenvalue weighted by Gasteiger charge is -2.39. The van der Waals surface area contributed by atoms with Crippen LogP contribution in [-0.2, 0) is 0 Å². The Morgan fingerprint density at radius 3 is 2.53 bits per heavy atom. The first-order chi connectivity index (χ1) is 22.7. The Morgan fingerprint density at radius 1 is 1.02 bits per heavy atom. The molecule has 6 rings (SSSR count). The van der Waals surface area contributed by atoms with Crippen LogP contribution in [0.25, 0.3) is 5.69 Å². The summed E-state index contributed by atoms with van der Waals surface area (Å²) < 4.78 is 28.8. The Morgan fingerprint density at radius 2 is 1.83 bits per heavy atom. The Hall–Kier alpha value is -5.49. The number of nitrogens with one attached hydrogen (secondary N) is 1. The van der Waals surface area contributed by atoms with Crippen molar-refractivity contribution in [3.8, 4) is 17.2 Å². The molecule has 3 heterocycles. The van der Waals surface area contributed by atoms with Gasteiger partial charge in [-0.05, 0) is 75.3 Å². The molecule has 0 aliphatic carbocycles. The maximum Gasteiger partial charge on any atom is 0.425 e. The molecule has 0 spiro atoms. The van der Waals surface area contributed by atoms with E-state index in [9.17, 15) is 4.79 Å². The van der Waals surface area contributed by atoms with Crippen molar-refractivity contribution in [1.29, 1.82) is 0 Å². The molecule has 0 saturated carbocycles. The number of likely N-dealkylation sites (N-methyl/N-ethyl adjacent to an activating group) is 1. The highest BCUT2D eigenvalue weighted by atomic mass is 19.1. The molecule has 1 unspecified atom stereocenters. The highest BCUT2D eigenvalue weighted by Crippen LogP contribution is 2.37. The SMILES string of the molecule is COc1cc(-n2cccn2)ccc1N(C(=O)Oc1c(C)cccc1C)c1ccnc(Nc2ccc(N3CCN(C)C(C)C3)c(F)c2)n1. The second-order valence-electron chi connectivity index (χ2n) is 11.5. The number of methoxy groups -OCH3 is 1. The summed E-state index contributed by atoms with van der Waals surface area (Å²) in [6.07, 6.45) is 4.31. The van der Waals surface area contributed by atoms with Crippen molar-refractivity contribution >= 4 is 34.9 Å². The summed E-state index contributed by atoms with van der Waals surface area (Å²) in [6, 6.07) is 19.7. The van der Waals surface area contributed by atoms with Crippen LogP contribution in [0.1, 0.15) is 18.1 Å². The number of aromatic nitrogens is 4. The van der Waals surface area contributed by atoms with E-state index in [1.54, 1.807) is 41.2 Å². The first-order valence-corrected chi connectivity index (χ1v) is 15.3. The first kappa shape index (κ1) is 31.5. The number of halogens is 1. The van der Waals surface area contributed by atoms with E-state index in [0.717, 1.165) is 36.4 Å². The number of carbonyl (C=O) groups is 1.